The van der Waals surface area contributed by atoms with Crippen molar-refractivity contribution in [3.05, 3.63) is 47.3 Å². The zero-order valence-electron chi connectivity index (χ0n) is 15.0. The van der Waals surface area contributed by atoms with Crippen molar-refractivity contribution in [2.75, 3.05) is 5.32 Å². The molecule has 1 aromatic carbocycles. The van der Waals surface area contributed by atoms with E-state index >= 15 is 0 Å². The van der Waals surface area contributed by atoms with Gasteiger partial charge in [-0.15, -0.1) is 0 Å². The Kier molecular flexibility index (Phi) is 5.25. The summed E-state index contributed by atoms with van der Waals surface area (Å²) in [6, 6.07) is 6.15. The van der Waals surface area contributed by atoms with Gasteiger partial charge in [-0.25, -0.2) is 9.59 Å². The van der Waals surface area contributed by atoms with E-state index in [1.807, 2.05) is 4.68 Å². The van der Waals surface area contributed by atoms with Gasteiger partial charge in [0, 0.05) is 19.0 Å². The van der Waals surface area contributed by atoms with E-state index in [1.165, 1.54) is 12.1 Å². The van der Waals surface area contributed by atoms with E-state index in [9.17, 15) is 9.59 Å². The summed E-state index contributed by atoms with van der Waals surface area (Å²) in [6.45, 7) is 5.46. The summed E-state index contributed by atoms with van der Waals surface area (Å²) in [4.78, 5) is 23.1. The fourth-order valence-corrected chi connectivity index (χ4v) is 2.88. The van der Waals surface area contributed by atoms with Crippen LogP contribution in [0, 0.1) is 5.92 Å². The third-order valence-corrected chi connectivity index (χ3v) is 4.28. The van der Waals surface area contributed by atoms with Crippen LogP contribution >= 0.6 is 0 Å². The molecule has 7 heteroatoms. The second-order valence-electron chi connectivity index (χ2n) is 7.10. The lowest BCUT2D eigenvalue weighted by molar-refractivity contribution is 0.0697. The maximum absolute atomic E-state index is 12.2. The summed E-state index contributed by atoms with van der Waals surface area (Å²) in [5.41, 5.74) is 2.94. The first kappa shape index (κ1) is 18.0. The van der Waals surface area contributed by atoms with Crippen molar-refractivity contribution >= 4 is 17.7 Å². The maximum Gasteiger partial charge on any atom is 0.335 e. The molecule has 0 aliphatic heterocycles. The van der Waals surface area contributed by atoms with Gasteiger partial charge < -0.3 is 15.7 Å². The third kappa shape index (κ3) is 4.41. The SMILES string of the molecule is CC(C)Cn1ncc(NC(=O)NCc2ccc(C(=O)O)cc2)c1C1CC1. The van der Waals surface area contributed by atoms with Crippen molar-refractivity contribution < 1.29 is 14.7 Å². The van der Waals surface area contributed by atoms with Crippen LogP contribution in [0.15, 0.2) is 30.5 Å². The van der Waals surface area contributed by atoms with Crippen LogP contribution in [0.1, 0.15) is 54.2 Å². The number of carboxylic acid groups (broad SMARTS) is 1. The number of carboxylic acids is 1. The minimum atomic E-state index is -0.965. The van der Waals surface area contributed by atoms with Crippen molar-refractivity contribution in [1.29, 1.82) is 0 Å². The maximum atomic E-state index is 12.2. The number of hydrogen-bond donors (Lipinski definition) is 3. The minimum Gasteiger partial charge on any atom is -0.478 e. The lowest BCUT2D eigenvalue weighted by atomic mass is 10.1. The van der Waals surface area contributed by atoms with Crippen LogP contribution in [0.25, 0.3) is 0 Å². The molecule has 2 amide bonds. The molecular weight excluding hydrogens is 332 g/mol. The molecule has 1 saturated carbocycles. The first-order valence-corrected chi connectivity index (χ1v) is 8.87. The van der Waals surface area contributed by atoms with Gasteiger partial charge in [-0.1, -0.05) is 26.0 Å². The molecule has 1 aromatic heterocycles. The molecule has 1 aliphatic rings. The zero-order valence-corrected chi connectivity index (χ0v) is 15.0. The summed E-state index contributed by atoms with van der Waals surface area (Å²) in [5.74, 6) is 0.00577. The normalized spacial score (nSPS) is 13.7. The number of carbonyl (C=O) groups is 2. The number of carbonyl (C=O) groups excluding carboxylic acids is 1. The lowest BCUT2D eigenvalue weighted by Gasteiger charge is -2.12. The van der Waals surface area contributed by atoms with Crippen LogP contribution in [-0.4, -0.2) is 26.9 Å². The van der Waals surface area contributed by atoms with E-state index in [4.69, 9.17) is 5.11 Å². The molecule has 7 nitrogen and oxygen atoms in total. The van der Waals surface area contributed by atoms with E-state index in [0.717, 1.165) is 36.3 Å². The monoisotopic (exact) mass is 356 g/mol. The molecule has 1 aliphatic carbocycles. The summed E-state index contributed by atoms with van der Waals surface area (Å²) in [6.07, 6.45) is 3.99. The molecule has 26 heavy (non-hydrogen) atoms. The molecule has 0 bridgehead atoms. The number of aromatic nitrogens is 2. The van der Waals surface area contributed by atoms with E-state index in [1.54, 1.807) is 18.3 Å². The van der Waals surface area contributed by atoms with Crippen molar-refractivity contribution in [2.45, 2.75) is 45.7 Å². The van der Waals surface area contributed by atoms with Gasteiger partial charge in [0.15, 0.2) is 0 Å². The highest BCUT2D eigenvalue weighted by Crippen LogP contribution is 2.43. The molecule has 1 heterocycles. The number of urea groups is 1. The summed E-state index contributed by atoms with van der Waals surface area (Å²) in [7, 11) is 0. The smallest absolute Gasteiger partial charge is 0.335 e. The predicted molar refractivity (Wildman–Crippen MR) is 98.3 cm³/mol. The predicted octanol–water partition coefficient (Wildman–Crippen LogP) is 3.44. The quantitative estimate of drug-likeness (QED) is 0.708. The van der Waals surface area contributed by atoms with Gasteiger partial charge in [0.2, 0.25) is 0 Å². The minimum absolute atomic E-state index is 0.227. The van der Waals surface area contributed by atoms with E-state index in [-0.39, 0.29) is 11.6 Å². The summed E-state index contributed by atoms with van der Waals surface area (Å²) in [5, 5.41) is 19.0. The second kappa shape index (κ2) is 7.59. The molecule has 2 aromatic rings. The topological polar surface area (TPSA) is 96.3 Å². The van der Waals surface area contributed by atoms with Crippen molar-refractivity contribution in [3.8, 4) is 0 Å². The fraction of sp³-hybridized carbons (Fsp3) is 0.421. The molecule has 0 radical (unpaired) electrons. The summed E-state index contributed by atoms with van der Waals surface area (Å²) < 4.78 is 2.00. The van der Waals surface area contributed by atoms with Gasteiger partial charge in [0.1, 0.15) is 0 Å². The van der Waals surface area contributed by atoms with Crippen LogP contribution in [0.3, 0.4) is 0 Å². The molecular formula is C19H24N4O3. The first-order valence-electron chi connectivity index (χ1n) is 8.87. The Morgan fingerprint density at radius 2 is 1.96 bits per heavy atom. The Morgan fingerprint density at radius 3 is 2.54 bits per heavy atom. The number of nitrogens with zero attached hydrogens (tertiary/aromatic N) is 2. The number of anilines is 1. The number of hydrogen-bond acceptors (Lipinski definition) is 3. The number of benzene rings is 1. The van der Waals surface area contributed by atoms with E-state index in [0.29, 0.717) is 18.4 Å². The number of aromatic carboxylic acids is 1. The van der Waals surface area contributed by atoms with Crippen molar-refractivity contribution in [1.82, 2.24) is 15.1 Å². The molecule has 0 spiro atoms. The third-order valence-electron chi connectivity index (χ3n) is 4.28. The van der Waals surface area contributed by atoms with E-state index < -0.39 is 5.97 Å². The van der Waals surface area contributed by atoms with E-state index in [2.05, 4.69) is 29.6 Å². The molecule has 1 fully saturated rings. The fourth-order valence-electron chi connectivity index (χ4n) is 2.88. The van der Waals surface area contributed by atoms with Gasteiger partial charge >= 0.3 is 12.0 Å². The average molecular weight is 356 g/mol. The van der Waals surface area contributed by atoms with Gasteiger partial charge in [-0.2, -0.15) is 5.10 Å². The Balaban J connectivity index is 1.59. The van der Waals surface area contributed by atoms with Crippen molar-refractivity contribution in [3.63, 3.8) is 0 Å². The standard InChI is InChI=1S/C19H24N4O3/c1-12(2)11-23-17(14-7-8-14)16(10-21-23)22-19(26)20-9-13-3-5-15(6-4-13)18(24)25/h3-6,10,12,14H,7-9,11H2,1-2H3,(H,24,25)(H2,20,22,26). The highest BCUT2D eigenvalue weighted by Gasteiger charge is 2.31. The highest BCUT2D eigenvalue weighted by molar-refractivity contribution is 5.90. The van der Waals surface area contributed by atoms with Crippen molar-refractivity contribution in [2.24, 2.45) is 5.92 Å². The molecule has 3 N–H and O–H groups in total. The molecule has 0 unspecified atom stereocenters. The first-order chi connectivity index (χ1) is 12.4. The highest BCUT2D eigenvalue weighted by atomic mass is 16.4. The largest absolute Gasteiger partial charge is 0.478 e. The van der Waals surface area contributed by atoms with Crippen LogP contribution in [-0.2, 0) is 13.1 Å². The second-order valence-corrected chi connectivity index (χ2v) is 7.10. The Bertz CT molecular complexity index is 792. The number of nitrogens with one attached hydrogen (secondary N) is 2. The van der Waals surface area contributed by atoms with Gasteiger partial charge in [-0.3, -0.25) is 4.68 Å². The van der Waals surface area contributed by atoms with Crippen LogP contribution < -0.4 is 10.6 Å². The molecule has 0 saturated heterocycles. The average Bonchev–Trinajstić information content (AvgIpc) is 3.36. The summed E-state index contributed by atoms with van der Waals surface area (Å²) >= 11 is 0. The van der Waals surface area contributed by atoms with Crippen LogP contribution in [0.5, 0.6) is 0 Å². The molecule has 0 atom stereocenters. The molecule has 3 rings (SSSR count). The number of amides is 2. The Hall–Kier alpha value is -2.83. The van der Waals surface area contributed by atoms with Crippen LogP contribution in [0.4, 0.5) is 10.5 Å². The molecule has 138 valence electrons. The van der Waals surface area contributed by atoms with Gasteiger partial charge in [0.25, 0.3) is 0 Å². The lowest BCUT2D eigenvalue weighted by Crippen LogP contribution is -2.28. The Labute approximate surface area is 152 Å². The number of rotatable bonds is 7. The van der Waals surface area contributed by atoms with Gasteiger partial charge in [-0.05, 0) is 36.5 Å². The Morgan fingerprint density at radius 1 is 1.27 bits per heavy atom. The zero-order chi connectivity index (χ0) is 18.7. The van der Waals surface area contributed by atoms with Crippen LogP contribution in [0.2, 0.25) is 0 Å². The van der Waals surface area contributed by atoms with Gasteiger partial charge in [0.05, 0.1) is 23.1 Å².